The molecule has 0 unspecified atom stereocenters. The average molecular weight is 484 g/mol. The number of thiazole rings is 2. The fourth-order valence-electron chi connectivity index (χ4n) is 2.97. The summed E-state index contributed by atoms with van der Waals surface area (Å²) in [7, 11) is 3.22. The van der Waals surface area contributed by atoms with Crippen molar-refractivity contribution in [3.05, 3.63) is 69.5 Å². The fraction of sp³-hybridized carbons (Fsp3) is 0.174. The number of aryl methyl sites for hydroxylation is 1. The number of benzene rings is 2. The van der Waals surface area contributed by atoms with Crippen molar-refractivity contribution in [1.82, 2.24) is 9.97 Å². The zero-order chi connectivity index (χ0) is 22.5. The van der Waals surface area contributed by atoms with Crippen LogP contribution >= 0.6 is 34.4 Å². The van der Waals surface area contributed by atoms with E-state index < -0.39 is 0 Å². The highest BCUT2D eigenvalue weighted by molar-refractivity contribution is 7.98. The number of ether oxygens (including phenoxy) is 2. The first-order valence-electron chi connectivity index (χ1n) is 9.69. The second-order valence-electron chi connectivity index (χ2n) is 6.73. The maximum atomic E-state index is 12.7. The number of aromatic nitrogens is 2. The molecule has 0 radical (unpaired) electrons. The molecule has 0 bridgehead atoms. The van der Waals surface area contributed by atoms with Crippen molar-refractivity contribution in [3.8, 4) is 22.8 Å². The Kier molecular flexibility index (Phi) is 7.09. The van der Waals surface area contributed by atoms with Gasteiger partial charge in [0.1, 0.15) is 11.5 Å². The van der Waals surface area contributed by atoms with E-state index in [9.17, 15) is 4.79 Å². The topological polar surface area (TPSA) is 73.3 Å². The lowest BCUT2D eigenvalue weighted by Gasteiger charge is -2.08. The SMILES string of the molecule is COc1ccc(OC)c(-c2csc(NC(=O)c3ccc(SCc4csc(C)n4)cc3)n2)c1. The lowest BCUT2D eigenvalue weighted by molar-refractivity contribution is 0.102. The highest BCUT2D eigenvalue weighted by Crippen LogP contribution is 2.35. The lowest BCUT2D eigenvalue weighted by Crippen LogP contribution is -2.11. The highest BCUT2D eigenvalue weighted by Gasteiger charge is 2.14. The Morgan fingerprint density at radius 1 is 1.03 bits per heavy atom. The number of carbonyl (C=O) groups excluding carboxylic acids is 1. The molecule has 1 amide bonds. The van der Waals surface area contributed by atoms with Gasteiger partial charge in [-0.15, -0.1) is 34.4 Å². The van der Waals surface area contributed by atoms with Gasteiger partial charge in [-0.05, 0) is 49.4 Å². The van der Waals surface area contributed by atoms with Crippen LogP contribution < -0.4 is 14.8 Å². The van der Waals surface area contributed by atoms with Crippen LogP contribution in [0.4, 0.5) is 5.13 Å². The molecule has 9 heteroatoms. The third kappa shape index (κ3) is 5.29. The molecule has 6 nitrogen and oxygen atoms in total. The van der Waals surface area contributed by atoms with E-state index in [1.807, 2.05) is 54.8 Å². The van der Waals surface area contributed by atoms with E-state index in [1.54, 1.807) is 37.3 Å². The molecule has 0 fully saturated rings. The van der Waals surface area contributed by atoms with Crippen molar-refractivity contribution in [2.24, 2.45) is 0 Å². The summed E-state index contributed by atoms with van der Waals surface area (Å²) < 4.78 is 10.7. The number of anilines is 1. The van der Waals surface area contributed by atoms with Crippen molar-refractivity contribution >= 4 is 45.5 Å². The molecule has 4 rings (SSSR count). The average Bonchev–Trinajstić information content (AvgIpc) is 3.46. The van der Waals surface area contributed by atoms with Gasteiger partial charge in [-0.3, -0.25) is 10.1 Å². The lowest BCUT2D eigenvalue weighted by atomic mass is 10.1. The van der Waals surface area contributed by atoms with E-state index in [0.717, 1.165) is 26.9 Å². The molecule has 0 aliphatic carbocycles. The molecule has 0 aliphatic heterocycles. The standard InChI is InChI=1S/C23H21N3O3S3/c1-14-24-16(11-30-14)12-31-18-7-4-15(5-8-18)22(27)26-23-25-20(13-32-23)19-10-17(28-2)6-9-21(19)29-3/h4-11,13H,12H2,1-3H3,(H,25,26,27). The van der Waals surface area contributed by atoms with Gasteiger partial charge in [-0.2, -0.15) is 0 Å². The zero-order valence-corrected chi connectivity index (χ0v) is 20.2. The van der Waals surface area contributed by atoms with Crippen molar-refractivity contribution in [1.29, 1.82) is 0 Å². The quantitative estimate of drug-likeness (QED) is 0.304. The minimum absolute atomic E-state index is 0.199. The number of thioether (sulfide) groups is 1. The van der Waals surface area contributed by atoms with E-state index >= 15 is 0 Å². The van der Waals surface area contributed by atoms with E-state index in [1.165, 1.54) is 11.3 Å². The minimum Gasteiger partial charge on any atom is -0.497 e. The number of rotatable bonds is 8. The van der Waals surface area contributed by atoms with Crippen LogP contribution in [0, 0.1) is 6.92 Å². The molecule has 2 aromatic heterocycles. The summed E-state index contributed by atoms with van der Waals surface area (Å²) in [6.07, 6.45) is 0. The van der Waals surface area contributed by atoms with Crippen molar-refractivity contribution < 1.29 is 14.3 Å². The van der Waals surface area contributed by atoms with Gasteiger partial charge in [-0.1, -0.05) is 0 Å². The van der Waals surface area contributed by atoms with Crippen LogP contribution in [-0.2, 0) is 5.75 Å². The molecule has 1 N–H and O–H groups in total. The normalized spacial score (nSPS) is 10.7. The number of hydrogen-bond donors (Lipinski definition) is 1. The maximum Gasteiger partial charge on any atom is 0.257 e. The summed E-state index contributed by atoms with van der Waals surface area (Å²) in [5.41, 5.74) is 3.17. The Balaban J connectivity index is 1.41. The van der Waals surface area contributed by atoms with Crippen LogP contribution in [0.1, 0.15) is 21.1 Å². The molecule has 164 valence electrons. The molecular formula is C23H21N3O3S3. The van der Waals surface area contributed by atoms with E-state index in [-0.39, 0.29) is 5.91 Å². The first-order valence-corrected chi connectivity index (χ1v) is 12.4. The molecule has 0 atom stereocenters. The predicted molar refractivity (Wildman–Crippen MR) is 131 cm³/mol. The molecule has 2 heterocycles. The summed E-state index contributed by atoms with van der Waals surface area (Å²) in [6.45, 7) is 2.00. The third-order valence-corrected chi connectivity index (χ3v) is 7.20. The fourth-order valence-corrected chi connectivity index (χ4v) is 5.19. The smallest absolute Gasteiger partial charge is 0.257 e. The Hall–Kier alpha value is -2.88. The van der Waals surface area contributed by atoms with Gasteiger partial charge < -0.3 is 9.47 Å². The summed E-state index contributed by atoms with van der Waals surface area (Å²) >= 11 is 4.72. The van der Waals surface area contributed by atoms with Gasteiger partial charge in [0.05, 0.1) is 30.6 Å². The number of carbonyl (C=O) groups is 1. The minimum atomic E-state index is -0.199. The van der Waals surface area contributed by atoms with Crippen molar-refractivity contribution in [3.63, 3.8) is 0 Å². The summed E-state index contributed by atoms with van der Waals surface area (Å²) in [5.74, 6) is 2.01. The Bertz CT molecular complexity index is 1220. The largest absolute Gasteiger partial charge is 0.497 e. The van der Waals surface area contributed by atoms with Gasteiger partial charge in [-0.25, -0.2) is 9.97 Å². The molecule has 32 heavy (non-hydrogen) atoms. The van der Waals surface area contributed by atoms with Crippen LogP contribution in [0.3, 0.4) is 0 Å². The van der Waals surface area contributed by atoms with Gasteiger partial charge in [0.25, 0.3) is 5.91 Å². The summed E-state index contributed by atoms with van der Waals surface area (Å²) in [5, 5.41) is 8.43. The second kappa shape index (κ2) is 10.2. The van der Waals surface area contributed by atoms with E-state index in [2.05, 4.69) is 20.7 Å². The number of amides is 1. The number of nitrogens with zero attached hydrogens (tertiary/aromatic N) is 2. The second-order valence-corrected chi connectivity index (χ2v) is 9.70. The van der Waals surface area contributed by atoms with Crippen LogP contribution in [-0.4, -0.2) is 30.1 Å². The maximum absolute atomic E-state index is 12.7. The predicted octanol–water partition coefficient (Wildman–Crippen LogP) is 6.14. The molecule has 4 aromatic rings. The summed E-state index contributed by atoms with van der Waals surface area (Å²) in [4.78, 5) is 22.8. The molecule has 0 saturated heterocycles. The van der Waals surface area contributed by atoms with Gasteiger partial charge in [0, 0.05) is 32.5 Å². The zero-order valence-electron chi connectivity index (χ0n) is 17.7. The third-order valence-electron chi connectivity index (χ3n) is 4.58. The molecular weight excluding hydrogens is 462 g/mol. The van der Waals surface area contributed by atoms with Crippen LogP contribution in [0.2, 0.25) is 0 Å². The Morgan fingerprint density at radius 2 is 1.84 bits per heavy atom. The molecule has 0 aliphatic rings. The molecule has 0 saturated carbocycles. The van der Waals surface area contributed by atoms with Gasteiger partial charge in [0.15, 0.2) is 5.13 Å². The summed E-state index contributed by atoms with van der Waals surface area (Å²) in [6, 6.07) is 13.1. The Labute approximate surface area is 198 Å². The van der Waals surface area contributed by atoms with Crippen LogP contribution in [0.5, 0.6) is 11.5 Å². The number of hydrogen-bond acceptors (Lipinski definition) is 8. The van der Waals surface area contributed by atoms with Gasteiger partial charge >= 0.3 is 0 Å². The monoisotopic (exact) mass is 483 g/mol. The Morgan fingerprint density at radius 3 is 2.53 bits per heavy atom. The van der Waals surface area contributed by atoms with Crippen LogP contribution in [0.25, 0.3) is 11.3 Å². The molecule has 0 spiro atoms. The number of methoxy groups -OCH3 is 2. The first kappa shape index (κ1) is 22.3. The molecule has 2 aromatic carbocycles. The van der Waals surface area contributed by atoms with E-state index in [0.29, 0.717) is 27.9 Å². The first-order chi connectivity index (χ1) is 15.6. The van der Waals surface area contributed by atoms with Crippen molar-refractivity contribution in [2.75, 3.05) is 19.5 Å². The highest BCUT2D eigenvalue weighted by atomic mass is 32.2. The van der Waals surface area contributed by atoms with Crippen LogP contribution in [0.15, 0.2) is 58.1 Å². The van der Waals surface area contributed by atoms with Gasteiger partial charge in [0.2, 0.25) is 0 Å². The van der Waals surface area contributed by atoms with Crippen molar-refractivity contribution in [2.45, 2.75) is 17.6 Å². The van der Waals surface area contributed by atoms with E-state index in [4.69, 9.17) is 9.47 Å². The number of nitrogens with one attached hydrogen (secondary N) is 1.